The predicted octanol–water partition coefficient (Wildman–Crippen LogP) is 2.54. The van der Waals surface area contributed by atoms with E-state index >= 15 is 0 Å². The van der Waals surface area contributed by atoms with E-state index in [2.05, 4.69) is 4.89 Å². The maximum atomic E-state index is 11.0. The zero-order valence-corrected chi connectivity index (χ0v) is 8.22. The van der Waals surface area contributed by atoms with Crippen LogP contribution < -0.4 is 4.74 Å². The number of para-hydroxylation sites is 1. The van der Waals surface area contributed by atoms with Crippen LogP contribution in [0.3, 0.4) is 0 Å². The molecule has 4 heteroatoms. The Kier molecular flexibility index (Phi) is 3.19. The molecular formula is C11H12O4. The van der Waals surface area contributed by atoms with Gasteiger partial charge in [-0.1, -0.05) is 18.2 Å². The average Bonchev–Trinajstić information content (AvgIpc) is 3.03. The lowest BCUT2D eigenvalue weighted by Gasteiger charge is -2.03. The van der Waals surface area contributed by atoms with Gasteiger partial charge < -0.3 is 4.74 Å². The Balaban J connectivity index is 1.67. The Morgan fingerprint density at radius 3 is 2.67 bits per heavy atom. The molecular weight excluding hydrogens is 196 g/mol. The molecule has 1 aliphatic rings. The first-order chi connectivity index (χ1) is 7.34. The number of benzene rings is 1. The van der Waals surface area contributed by atoms with Gasteiger partial charge in [-0.25, -0.2) is 4.79 Å². The standard InChI is InChI=1S/C11H12O4/c12-11(15-13-8-9-6-7-9)14-10-4-2-1-3-5-10/h1-5,9H,6-8H2. The summed E-state index contributed by atoms with van der Waals surface area (Å²) in [6.07, 6.45) is 1.47. The van der Waals surface area contributed by atoms with Crippen molar-refractivity contribution < 1.29 is 19.3 Å². The molecule has 1 fully saturated rings. The SMILES string of the molecule is O=C(OOCC1CC1)Oc1ccccc1. The number of carbonyl (C=O) groups excluding carboxylic acids is 1. The smallest absolute Gasteiger partial charge is 0.393 e. The van der Waals surface area contributed by atoms with Gasteiger partial charge >= 0.3 is 6.16 Å². The minimum Gasteiger partial charge on any atom is -0.393 e. The minimum atomic E-state index is -0.832. The molecule has 0 bridgehead atoms. The molecule has 1 saturated carbocycles. The van der Waals surface area contributed by atoms with Gasteiger partial charge in [0.2, 0.25) is 0 Å². The highest BCUT2D eigenvalue weighted by atomic mass is 17.2. The Hall–Kier alpha value is -1.55. The van der Waals surface area contributed by atoms with Crippen LogP contribution in [0, 0.1) is 5.92 Å². The van der Waals surface area contributed by atoms with Crippen molar-refractivity contribution in [3.8, 4) is 5.75 Å². The van der Waals surface area contributed by atoms with Crippen LogP contribution in [0.2, 0.25) is 0 Å². The average molecular weight is 208 g/mol. The van der Waals surface area contributed by atoms with E-state index in [9.17, 15) is 4.79 Å². The van der Waals surface area contributed by atoms with Crippen LogP contribution in [0.15, 0.2) is 30.3 Å². The van der Waals surface area contributed by atoms with Crippen molar-refractivity contribution in [1.82, 2.24) is 0 Å². The van der Waals surface area contributed by atoms with E-state index in [1.54, 1.807) is 24.3 Å². The number of hydrogen-bond acceptors (Lipinski definition) is 4. The first-order valence-corrected chi connectivity index (χ1v) is 4.91. The van der Waals surface area contributed by atoms with Crippen molar-refractivity contribution in [3.63, 3.8) is 0 Å². The normalized spacial score (nSPS) is 14.7. The van der Waals surface area contributed by atoms with E-state index in [0.29, 0.717) is 18.3 Å². The third kappa shape index (κ3) is 3.59. The number of rotatable bonds is 4. The molecule has 0 aromatic heterocycles. The molecule has 0 atom stereocenters. The maximum absolute atomic E-state index is 11.0. The van der Waals surface area contributed by atoms with Gasteiger partial charge in [0.25, 0.3) is 0 Å². The van der Waals surface area contributed by atoms with Gasteiger partial charge in [0, 0.05) is 0 Å². The van der Waals surface area contributed by atoms with Gasteiger partial charge in [-0.3, -0.25) is 4.89 Å². The molecule has 0 saturated heterocycles. The molecule has 0 heterocycles. The van der Waals surface area contributed by atoms with Crippen LogP contribution in [-0.4, -0.2) is 12.8 Å². The summed E-state index contributed by atoms with van der Waals surface area (Å²) in [4.78, 5) is 20.2. The molecule has 1 aromatic rings. The fraction of sp³-hybridized carbons (Fsp3) is 0.364. The van der Waals surface area contributed by atoms with Crippen molar-refractivity contribution in [2.75, 3.05) is 6.61 Å². The summed E-state index contributed by atoms with van der Waals surface area (Å²) in [5.74, 6) is 0.993. The van der Waals surface area contributed by atoms with Gasteiger partial charge in [-0.05, 0) is 30.9 Å². The van der Waals surface area contributed by atoms with E-state index < -0.39 is 6.16 Å². The second-order valence-electron chi connectivity index (χ2n) is 3.48. The quantitative estimate of drug-likeness (QED) is 0.330. The van der Waals surface area contributed by atoms with Gasteiger partial charge in [0.05, 0.1) is 6.61 Å². The second kappa shape index (κ2) is 4.79. The van der Waals surface area contributed by atoms with Crippen molar-refractivity contribution in [1.29, 1.82) is 0 Å². The van der Waals surface area contributed by atoms with E-state index in [0.717, 1.165) is 12.8 Å². The van der Waals surface area contributed by atoms with E-state index in [1.165, 1.54) is 0 Å². The summed E-state index contributed by atoms with van der Waals surface area (Å²) in [5, 5.41) is 0. The maximum Gasteiger partial charge on any atom is 0.546 e. The van der Waals surface area contributed by atoms with Gasteiger partial charge in [0.15, 0.2) is 0 Å². The fourth-order valence-electron chi connectivity index (χ4n) is 1.06. The summed E-state index contributed by atoms with van der Waals surface area (Å²) in [6, 6.07) is 8.72. The predicted molar refractivity (Wildman–Crippen MR) is 52.2 cm³/mol. The highest BCUT2D eigenvalue weighted by Gasteiger charge is 2.22. The number of ether oxygens (including phenoxy) is 1. The van der Waals surface area contributed by atoms with Crippen LogP contribution in [0.5, 0.6) is 5.75 Å². The Bertz CT molecular complexity index is 319. The van der Waals surface area contributed by atoms with Crippen LogP contribution in [0.25, 0.3) is 0 Å². The first-order valence-electron chi connectivity index (χ1n) is 4.91. The molecule has 0 unspecified atom stereocenters. The second-order valence-corrected chi connectivity index (χ2v) is 3.48. The summed E-state index contributed by atoms with van der Waals surface area (Å²) in [5.41, 5.74) is 0. The van der Waals surface area contributed by atoms with Gasteiger partial charge in [-0.2, -0.15) is 4.89 Å². The zero-order valence-electron chi connectivity index (χ0n) is 8.22. The van der Waals surface area contributed by atoms with Crippen LogP contribution in [0.1, 0.15) is 12.8 Å². The molecule has 0 amide bonds. The number of hydrogen-bond donors (Lipinski definition) is 0. The molecule has 15 heavy (non-hydrogen) atoms. The topological polar surface area (TPSA) is 44.8 Å². The zero-order chi connectivity index (χ0) is 10.5. The van der Waals surface area contributed by atoms with Crippen LogP contribution in [-0.2, 0) is 9.78 Å². The van der Waals surface area contributed by atoms with Crippen molar-refractivity contribution in [2.45, 2.75) is 12.8 Å². The Labute approximate surface area is 87.7 Å². The highest BCUT2D eigenvalue weighted by Crippen LogP contribution is 2.28. The molecule has 80 valence electrons. The summed E-state index contributed by atoms with van der Waals surface area (Å²) >= 11 is 0. The molecule has 0 aliphatic heterocycles. The molecule has 0 spiro atoms. The monoisotopic (exact) mass is 208 g/mol. The van der Waals surface area contributed by atoms with Crippen LogP contribution >= 0.6 is 0 Å². The third-order valence-electron chi connectivity index (χ3n) is 2.07. The van der Waals surface area contributed by atoms with Crippen molar-refractivity contribution in [2.24, 2.45) is 5.92 Å². The lowest BCUT2D eigenvalue weighted by Crippen LogP contribution is -2.12. The molecule has 0 N–H and O–H groups in total. The molecule has 1 aromatic carbocycles. The fourth-order valence-corrected chi connectivity index (χ4v) is 1.06. The Morgan fingerprint density at radius 1 is 1.27 bits per heavy atom. The van der Waals surface area contributed by atoms with E-state index in [1.807, 2.05) is 6.07 Å². The molecule has 2 rings (SSSR count). The van der Waals surface area contributed by atoms with Crippen molar-refractivity contribution >= 4 is 6.16 Å². The largest absolute Gasteiger partial charge is 0.546 e. The summed E-state index contributed by atoms with van der Waals surface area (Å²) in [6.45, 7) is 0.462. The highest BCUT2D eigenvalue weighted by molar-refractivity contribution is 5.62. The van der Waals surface area contributed by atoms with Crippen molar-refractivity contribution in [3.05, 3.63) is 30.3 Å². The first kappa shape index (κ1) is 9.98. The number of carbonyl (C=O) groups is 1. The van der Waals surface area contributed by atoms with E-state index in [-0.39, 0.29) is 0 Å². The van der Waals surface area contributed by atoms with Gasteiger partial charge in [0.1, 0.15) is 5.75 Å². The van der Waals surface area contributed by atoms with Gasteiger partial charge in [-0.15, -0.1) is 0 Å². The Morgan fingerprint density at radius 2 is 2.00 bits per heavy atom. The summed E-state index contributed by atoms with van der Waals surface area (Å²) in [7, 11) is 0. The third-order valence-corrected chi connectivity index (χ3v) is 2.07. The lowest BCUT2D eigenvalue weighted by molar-refractivity contribution is -0.251. The van der Waals surface area contributed by atoms with E-state index in [4.69, 9.17) is 9.62 Å². The molecule has 1 aliphatic carbocycles. The minimum absolute atomic E-state index is 0.442. The molecule has 0 radical (unpaired) electrons. The lowest BCUT2D eigenvalue weighted by atomic mass is 10.3. The summed E-state index contributed by atoms with van der Waals surface area (Å²) < 4.78 is 4.83. The van der Waals surface area contributed by atoms with Crippen LogP contribution in [0.4, 0.5) is 4.79 Å². The molecule has 4 nitrogen and oxygen atoms in total.